The Labute approximate surface area is 108 Å². The van der Waals surface area contributed by atoms with Crippen molar-refractivity contribution in [1.82, 2.24) is 5.32 Å². The Morgan fingerprint density at radius 2 is 2.11 bits per heavy atom. The first kappa shape index (κ1) is 14.7. The first-order valence-corrected chi connectivity index (χ1v) is 6.60. The Balaban J connectivity index is 2.25. The molecule has 1 aliphatic carbocycles. The van der Waals surface area contributed by atoms with Crippen LogP contribution in [0.2, 0.25) is 0 Å². The maximum atomic E-state index is 11.7. The SMILES string of the molecule is CC(C)(CCNC(=O)CC1=CCCCC1)C(=O)O. The molecule has 1 amide bonds. The van der Waals surface area contributed by atoms with E-state index in [9.17, 15) is 9.59 Å². The highest BCUT2D eigenvalue weighted by molar-refractivity contribution is 5.78. The van der Waals surface area contributed by atoms with Gasteiger partial charge in [-0.25, -0.2) is 0 Å². The van der Waals surface area contributed by atoms with Gasteiger partial charge in [0.05, 0.1) is 5.41 Å². The third-order valence-electron chi connectivity index (χ3n) is 3.42. The third-order valence-corrected chi connectivity index (χ3v) is 3.42. The lowest BCUT2D eigenvalue weighted by Gasteiger charge is -2.19. The van der Waals surface area contributed by atoms with E-state index >= 15 is 0 Å². The lowest BCUT2D eigenvalue weighted by atomic mass is 9.89. The Morgan fingerprint density at radius 3 is 2.67 bits per heavy atom. The summed E-state index contributed by atoms with van der Waals surface area (Å²) in [5.41, 5.74) is 0.438. The zero-order chi connectivity index (χ0) is 13.6. The predicted octanol–water partition coefficient (Wildman–Crippen LogP) is 2.49. The standard InChI is InChI=1S/C14H23NO3/c1-14(2,13(17)18)8-9-15-12(16)10-11-6-4-3-5-7-11/h6H,3-5,7-10H2,1-2H3,(H,15,16)(H,17,18). The highest BCUT2D eigenvalue weighted by Gasteiger charge is 2.26. The number of carboxylic acids is 1. The number of nitrogens with one attached hydrogen (secondary N) is 1. The quantitative estimate of drug-likeness (QED) is 0.715. The van der Waals surface area contributed by atoms with Crippen LogP contribution >= 0.6 is 0 Å². The van der Waals surface area contributed by atoms with E-state index in [1.54, 1.807) is 13.8 Å². The molecule has 18 heavy (non-hydrogen) atoms. The van der Waals surface area contributed by atoms with Gasteiger partial charge < -0.3 is 10.4 Å². The minimum absolute atomic E-state index is 0.00402. The second kappa shape index (κ2) is 6.57. The highest BCUT2D eigenvalue weighted by Crippen LogP contribution is 2.21. The van der Waals surface area contributed by atoms with Crippen LogP contribution in [0.4, 0.5) is 0 Å². The Bertz CT molecular complexity index is 345. The summed E-state index contributed by atoms with van der Waals surface area (Å²) in [6, 6.07) is 0. The first-order chi connectivity index (χ1) is 8.42. The van der Waals surface area contributed by atoms with E-state index in [2.05, 4.69) is 11.4 Å². The van der Waals surface area contributed by atoms with Crippen molar-refractivity contribution in [3.8, 4) is 0 Å². The van der Waals surface area contributed by atoms with Gasteiger partial charge in [0.15, 0.2) is 0 Å². The zero-order valence-electron chi connectivity index (χ0n) is 11.3. The molecule has 0 saturated carbocycles. The van der Waals surface area contributed by atoms with Crippen LogP contribution in [-0.2, 0) is 9.59 Å². The number of hydrogen-bond donors (Lipinski definition) is 2. The molecule has 1 rings (SSSR count). The summed E-state index contributed by atoms with van der Waals surface area (Å²) in [6.07, 6.45) is 7.57. The first-order valence-electron chi connectivity index (χ1n) is 6.60. The number of amides is 1. The fraction of sp³-hybridized carbons (Fsp3) is 0.714. The van der Waals surface area contributed by atoms with E-state index in [0.717, 1.165) is 12.8 Å². The average molecular weight is 253 g/mol. The molecule has 0 fully saturated rings. The van der Waals surface area contributed by atoms with Gasteiger partial charge in [0.2, 0.25) is 5.91 Å². The second-order valence-corrected chi connectivity index (χ2v) is 5.57. The molecular weight excluding hydrogens is 230 g/mol. The Kier molecular flexibility index (Phi) is 5.38. The fourth-order valence-corrected chi connectivity index (χ4v) is 1.96. The number of carboxylic acid groups (broad SMARTS) is 1. The van der Waals surface area contributed by atoms with Crippen molar-refractivity contribution in [3.05, 3.63) is 11.6 Å². The van der Waals surface area contributed by atoms with Crippen LogP contribution in [0.25, 0.3) is 0 Å². The summed E-state index contributed by atoms with van der Waals surface area (Å²) in [4.78, 5) is 22.6. The van der Waals surface area contributed by atoms with E-state index in [-0.39, 0.29) is 5.91 Å². The van der Waals surface area contributed by atoms with E-state index in [0.29, 0.717) is 19.4 Å². The predicted molar refractivity (Wildman–Crippen MR) is 70.2 cm³/mol. The summed E-state index contributed by atoms with van der Waals surface area (Å²) in [7, 11) is 0. The van der Waals surface area contributed by atoms with E-state index in [1.165, 1.54) is 18.4 Å². The van der Waals surface area contributed by atoms with Gasteiger partial charge in [0.1, 0.15) is 0 Å². The summed E-state index contributed by atoms with van der Waals surface area (Å²) < 4.78 is 0. The maximum Gasteiger partial charge on any atom is 0.309 e. The molecule has 0 aliphatic heterocycles. The number of hydrogen-bond acceptors (Lipinski definition) is 2. The number of carbonyl (C=O) groups is 2. The van der Waals surface area contributed by atoms with Crippen molar-refractivity contribution >= 4 is 11.9 Å². The van der Waals surface area contributed by atoms with Gasteiger partial charge in [-0.2, -0.15) is 0 Å². The zero-order valence-corrected chi connectivity index (χ0v) is 11.3. The monoisotopic (exact) mass is 253 g/mol. The van der Waals surface area contributed by atoms with Gasteiger partial charge in [-0.1, -0.05) is 11.6 Å². The topological polar surface area (TPSA) is 66.4 Å². The van der Waals surface area contributed by atoms with Gasteiger partial charge in [-0.05, 0) is 46.0 Å². The molecule has 0 heterocycles. The van der Waals surface area contributed by atoms with Crippen molar-refractivity contribution in [2.75, 3.05) is 6.54 Å². The molecule has 102 valence electrons. The van der Waals surface area contributed by atoms with E-state index in [4.69, 9.17) is 5.11 Å². The van der Waals surface area contributed by atoms with Crippen molar-refractivity contribution in [3.63, 3.8) is 0 Å². The normalized spacial score (nSPS) is 16.0. The van der Waals surface area contributed by atoms with Crippen molar-refractivity contribution in [2.24, 2.45) is 5.41 Å². The fourth-order valence-electron chi connectivity index (χ4n) is 1.96. The number of aliphatic carboxylic acids is 1. The summed E-state index contributed by atoms with van der Waals surface area (Å²) in [6.45, 7) is 3.77. The molecule has 2 N–H and O–H groups in total. The molecule has 0 atom stereocenters. The van der Waals surface area contributed by atoms with Gasteiger partial charge >= 0.3 is 5.97 Å². The molecule has 1 aliphatic rings. The molecule has 0 bridgehead atoms. The lowest BCUT2D eigenvalue weighted by Crippen LogP contribution is -2.32. The minimum Gasteiger partial charge on any atom is -0.481 e. The summed E-state index contributed by atoms with van der Waals surface area (Å²) in [5.74, 6) is -0.823. The Morgan fingerprint density at radius 1 is 1.39 bits per heavy atom. The minimum atomic E-state index is -0.827. The van der Waals surface area contributed by atoms with Gasteiger partial charge in [-0.3, -0.25) is 9.59 Å². The van der Waals surface area contributed by atoms with Crippen LogP contribution in [0.15, 0.2) is 11.6 Å². The van der Waals surface area contributed by atoms with Gasteiger partial charge in [-0.15, -0.1) is 0 Å². The van der Waals surface area contributed by atoms with E-state index in [1.807, 2.05) is 0 Å². The van der Waals surface area contributed by atoms with Crippen LogP contribution in [0.5, 0.6) is 0 Å². The molecule has 0 spiro atoms. The smallest absolute Gasteiger partial charge is 0.309 e. The third kappa shape index (κ3) is 4.90. The number of allylic oxidation sites excluding steroid dienone is 1. The van der Waals surface area contributed by atoms with Crippen LogP contribution in [0, 0.1) is 5.41 Å². The van der Waals surface area contributed by atoms with E-state index < -0.39 is 11.4 Å². The second-order valence-electron chi connectivity index (χ2n) is 5.57. The lowest BCUT2D eigenvalue weighted by molar-refractivity contribution is -0.147. The summed E-state index contributed by atoms with van der Waals surface area (Å²) in [5, 5.41) is 11.7. The van der Waals surface area contributed by atoms with Crippen molar-refractivity contribution in [2.45, 2.75) is 52.4 Å². The summed E-state index contributed by atoms with van der Waals surface area (Å²) >= 11 is 0. The number of carbonyl (C=O) groups excluding carboxylic acids is 1. The Hall–Kier alpha value is -1.32. The average Bonchev–Trinajstić information content (AvgIpc) is 2.29. The molecule has 4 heteroatoms. The van der Waals surface area contributed by atoms with Crippen molar-refractivity contribution in [1.29, 1.82) is 0 Å². The molecule has 0 aromatic rings. The molecule has 0 unspecified atom stereocenters. The molecule has 4 nitrogen and oxygen atoms in total. The largest absolute Gasteiger partial charge is 0.481 e. The van der Waals surface area contributed by atoms with Crippen LogP contribution in [-0.4, -0.2) is 23.5 Å². The van der Waals surface area contributed by atoms with Crippen LogP contribution in [0.3, 0.4) is 0 Å². The number of rotatable bonds is 6. The molecule has 0 aromatic heterocycles. The highest BCUT2D eigenvalue weighted by atomic mass is 16.4. The molecule has 0 radical (unpaired) electrons. The molecule has 0 saturated heterocycles. The van der Waals surface area contributed by atoms with Crippen LogP contribution in [0.1, 0.15) is 52.4 Å². The molecule has 0 aromatic carbocycles. The van der Waals surface area contributed by atoms with Crippen molar-refractivity contribution < 1.29 is 14.7 Å². The molecular formula is C14H23NO3. The van der Waals surface area contributed by atoms with Crippen LogP contribution < -0.4 is 5.32 Å². The maximum absolute atomic E-state index is 11.7. The van der Waals surface area contributed by atoms with Gasteiger partial charge in [0, 0.05) is 13.0 Å². The van der Waals surface area contributed by atoms with Gasteiger partial charge in [0.25, 0.3) is 0 Å².